The number of halogens is 1. The molecular formula is C27H33ClN4O4S. The quantitative estimate of drug-likeness (QED) is 0.457. The molecule has 10 heteroatoms. The van der Waals surface area contributed by atoms with E-state index in [9.17, 15) is 9.59 Å². The summed E-state index contributed by atoms with van der Waals surface area (Å²) in [6, 6.07) is 15.6. The Kier molecular flexibility index (Phi) is 9.91. The smallest absolute Gasteiger partial charge is 0.282 e. The first kappa shape index (κ1) is 28.4. The highest BCUT2D eigenvalue weighted by Crippen LogP contribution is 2.38. The molecule has 198 valence electrons. The van der Waals surface area contributed by atoms with E-state index in [0.29, 0.717) is 37.7 Å². The number of aromatic nitrogens is 1. The van der Waals surface area contributed by atoms with Crippen LogP contribution < -0.4 is 14.8 Å². The number of benzene rings is 2. The van der Waals surface area contributed by atoms with E-state index in [1.807, 2.05) is 67.3 Å². The number of nitrogens with zero attached hydrogens (tertiary/aromatic N) is 3. The minimum absolute atomic E-state index is 0. The summed E-state index contributed by atoms with van der Waals surface area (Å²) in [5.74, 6) is 1.46. The molecule has 0 bridgehead atoms. The van der Waals surface area contributed by atoms with Gasteiger partial charge >= 0.3 is 0 Å². The minimum Gasteiger partial charge on any atom is -0.497 e. The number of piperazine rings is 1. The largest absolute Gasteiger partial charge is 0.497 e. The molecule has 0 unspecified atom stereocenters. The zero-order chi connectivity index (χ0) is 25.7. The van der Waals surface area contributed by atoms with Gasteiger partial charge in [0.05, 0.1) is 31.3 Å². The van der Waals surface area contributed by atoms with E-state index in [2.05, 4.69) is 10.2 Å². The zero-order valence-electron chi connectivity index (χ0n) is 21.5. The van der Waals surface area contributed by atoms with Gasteiger partial charge in [0, 0.05) is 37.8 Å². The average Bonchev–Trinajstić information content (AvgIpc) is 3.34. The molecule has 2 heterocycles. The fraction of sp³-hybridized carbons (Fsp3) is 0.370. The van der Waals surface area contributed by atoms with Gasteiger partial charge in [-0.05, 0) is 67.9 Å². The average molecular weight is 545 g/mol. The third-order valence-electron chi connectivity index (χ3n) is 6.00. The van der Waals surface area contributed by atoms with Gasteiger partial charge in [0.15, 0.2) is 5.01 Å². The van der Waals surface area contributed by atoms with Gasteiger partial charge in [0.25, 0.3) is 5.91 Å². The van der Waals surface area contributed by atoms with Gasteiger partial charge in [-0.2, -0.15) is 0 Å². The summed E-state index contributed by atoms with van der Waals surface area (Å²) in [6.45, 7) is 6.66. The summed E-state index contributed by atoms with van der Waals surface area (Å²) >= 11 is 1.40. The molecule has 1 saturated heterocycles. The molecule has 0 atom stereocenters. The Bertz CT molecular complexity index is 1130. The SMILES string of the molecule is COc1ccc(-c2nc(C(=O)N3CCN(CC(=O)NC(C)C)CC3)sc2-c2ccc(OC)cc2)cc1.Cl. The molecule has 0 radical (unpaired) electrons. The number of hydrogen-bond acceptors (Lipinski definition) is 7. The highest BCUT2D eigenvalue weighted by molar-refractivity contribution is 7.17. The Morgan fingerprint density at radius 3 is 1.97 bits per heavy atom. The summed E-state index contributed by atoms with van der Waals surface area (Å²) in [7, 11) is 3.27. The summed E-state index contributed by atoms with van der Waals surface area (Å²) in [6.07, 6.45) is 0. The molecule has 3 aromatic rings. The first-order valence-electron chi connectivity index (χ1n) is 12.0. The van der Waals surface area contributed by atoms with Crippen molar-refractivity contribution in [3.05, 3.63) is 53.5 Å². The number of nitrogens with one attached hydrogen (secondary N) is 1. The topological polar surface area (TPSA) is 84.0 Å². The molecule has 2 amide bonds. The third kappa shape index (κ3) is 7.00. The summed E-state index contributed by atoms with van der Waals surface area (Å²) in [5, 5.41) is 3.38. The molecule has 1 aromatic heterocycles. The van der Waals surface area contributed by atoms with Gasteiger partial charge in [-0.3, -0.25) is 14.5 Å². The lowest BCUT2D eigenvalue weighted by molar-refractivity contribution is -0.123. The van der Waals surface area contributed by atoms with Crippen molar-refractivity contribution in [1.29, 1.82) is 0 Å². The lowest BCUT2D eigenvalue weighted by Gasteiger charge is -2.34. The highest BCUT2D eigenvalue weighted by Gasteiger charge is 2.27. The van der Waals surface area contributed by atoms with Crippen molar-refractivity contribution >= 4 is 35.6 Å². The molecule has 0 saturated carbocycles. The second-order valence-electron chi connectivity index (χ2n) is 8.94. The maximum Gasteiger partial charge on any atom is 0.282 e. The van der Waals surface area contributed by atoms with E-state index in [1.165, 1.54) is 11.3 Å². The predicted molar refractivity (Wildman–Crippen MR) is 149 cm³/mol. The van der Waals surface area contributed by atoms with E-state index < -0.39 is 0 Å². The first-order valence-corrected chi connectivity index (χ1v) is 12.8. The van der Waals surface area contributed by atoms with Crippen LogP contribution >= 0.6 is 23.7 Å². The van der Waals surface area contributed by atoms with Crippen molar-refractivity contribution in [2.75, 3.05) is 46.9 Å². The maximum absolute atomic E-state index is 13.4. The van der Waals surface area contributed by atoms with Crippen LogP contribution in [0.5, 0.6) is 11.5 Å². The Balaban J connectivity index is 0.00000380. The fourth-order valence-corrected chi connectivity index (χ4v) is 5.17. The Morgan fingerprint density at radius 2 is 1.46 bits per heavy atom. The van der Waals surface area contributed by atoms with Gasteiger partial charge in [-0.15, -0.1) is 23.7 Å². The van der Waals surface area contributed by atoms with Crippen LogP contribution in [-0.2, 0) is 4.79 Å². The highest BCUT2D eigenvalue weighted by atomic mass is 35.5. The van der Waals surface area contributed by atoms with Crippen LogP contribution in [0.2, 0.25) is 0 Å². The predicted octanol–water partition coefficient (Wildman–Crippen LogP) is 4.20. The van der Waals surface area contributed by atoms with Crippen LogP contribution in [0.4, 0.5) is 0 Å². The fourth-order valence-electron chi connectivity index (χ4n) is 4.11. The van der Waals surface area contributed by atoms with Gasteiger partial charge in [0.2, 0.25) is 5.91 Å². The molecular weight excluding hydrogens is 512 g/mol. The second kappa shape index (κ2) is 12.9. The molecule has 1 N–H and O–H groups in total. The van der Waals surface area contributed by atoms with Crippen LogP contribution in [-0.4, -0.2) is 79.6 Å². The molecule has 8 nitrogen and oxygen atoms in total. The van der Waals surface area contributed by atoms with E-state index in [4.69, 9.17) is 14.5 Å². The van der Waals surface area contributed by atoms with Gasteiger partial charge in [-0.25, -0.2) is 4.98 Å². The van der Waals surface area contributed by atoms with Crippen LogP contribution in [0, 0.1) is 0 Å². The Hall–Kier alpha value is -3.14. The molecule has 0 spiro atoms. The number of rotatable bonds is 8. The Labute approximate surface area is 228 Å². The van der Waals surface area contributed by atoms with E-state index in [1.54, 1.807) is 14.2 Å². The third-order valence-corrected chi connectivity index (χ3v) is 7.09. The maximum atomic E-state index is 13.4. The number of amides is 2. The van der Waals surface area contributed by atoms with Crippen LogP contribution in [0.15, 0.2) is 48.5 Å². The van der Waals surface area contributed by atoms with Crippen LogP contribution in [0.3, 0.4) is 0 Å². The minimum atomic E-state index is -0.0826. The van der Waals surface area contributed by atoms with E-state index in [0.717, 1.165) is 33.2 Å². The summed E-state index contributed by atoms with van der Waals surface area (Å²) in [4.78, 5) is 35.2. The lowest BCUT2D eigenvalue weighted by atomic mass is 10.1. The normalized spacial score (nSPS) is 13.7. The monoisotopic (exact) mass is 544 g/mol. The molecule has 0 aliphatic carbocycles. The number of carbonyl (C=O) groups excluding carboxylic acids is 2. The van der Waals surface area contributed by atoms with E-state index >= 15 is 0 Å². The Morgan fingerprint density at radius 1 is 0.919 bits per heavy atom. The number of hydrogen-bond donors (Lipinski definition) is 1. The zero-order valence-corrected chi connectivity index (χ0v) is 23.2. The summed E-state index contributed by atoms with van der Waals surface area (Å²) < 4.78 is 10.6. The summed E-state index contributed by atoms with van der Waals surface area (Å²) in [5.41, 5.74) is 2.65. The molecule has 37 heavy (non-hydrogen) atoms. The lowest BCUT2D eigenvalue weighted by Crippen LogP contribution is -2.51. The molecule has 1 fully saturated rings. The van der Waals surface area contributed by atoms with Gasteiger partial charge < -0.3 is 19.7 Å². The van der Waals surface area contributed by atoms with Crippen molar-refractivity contribution in [3.8, 4) is 33.2 Å². The molecule has 1 aliphatic rings. The number of thiazole rings is 1. The second-order valence-corrected chi connectivity index (χ2v) is 9.94. The van der Waals surface area contributed by atoms with Crippen molar-refractivity contribution in [2.24, 2.45) is 0 Å². The van der Waals surface area contributed by atoms with Crippen LogP contribution in [0.1, 0.15) is 23.6 Å². The molecule has 1 aliphatic heterocycles. The standard InChI is InChI=1S/C27H32N4O4S.ClH/c1-18(2)28-23(32)17-30-13-15-31(16-14-30)27(33)26-29-24(19-5-9-21(34-3)10-6-19)25(36-26)20-7-11-22(35-4)12-8-20;/h5-12,18H,13-17H2,1-4H3,(H,28,32);1H. The van der Waals surface area contributed by atoms with E-state index in [-0.39, 0.29) is 30.3 Å². The number of methoxy groups -OCH3 is 2. The molecule has 2 aromatic carbocycles. The van der Waals surface area contributed by atoms with Crippen molar-refractivity contribution in [1.82, 2.24) is 20.1 Å². The number of ether oxygens (including phenoxy) is 2. The first-order chi connectivity index (χ1) is 17.4. The van der Waals surface area contributed by atoms with Crippen molar-refractivity contribution < 1.29 is 19.1 Å². The van der Waals surface area contributed by atoms with Crippen molar-refractivity contribution in [2.45, 2.75) is 19.9 Å². The van der Waals surface area contributed by atoms with Crippen LogP contribution in [0.25, 0.3) is 21.7 Å². The van der Waals surface area contributed by atoms with Gasteiger partial charge in [-0.1, -0.05) is 0 Å². The van der Waals surface area contributed by atoms with Gasteiger partial charge in [0.1, 0.15) is 11.5 Å². The molecule has 4 rings (SSSR count). The van der Waals surface area contributed by atoms with Crippen molar-refractivity contribution in [3.63, 3.8) is 0 Å². The number of carbonyl (C=O) groups is 2.